The second kappa shape index (κ2) is 4.97. The lowest BCUT2D eigenvalue weighted by Crippen LogP contribution is -2.37. The molecule has 0 N–H and O–H groups in total. The van der Waals surface area contributed by atoms with Crippen LogP contribution in [0, 0.1) is 17.8 Å². The highest BCUT2D eigenvalue weighted by molar-refractivity contribution is 4.89. The molecule has 0 saturated heterocycles. The van der Waals surface area contributed by atoms with E-state index in [-0.39, 0.29) is 24.7 Å². The third-order valence-corrected chi connectivity index (χ3v) is 4.42. The van der Waals surface area contributed by atoms with Crippen molar-refractivity contribution >= 4 is 0 Å². The van der Waals surface area contributed by atoms with Crippen LogP contribution in [-0.2, 0) is 0 Å². The summed E-state index contributed by atoms with van der Waals surface area (Å²) in [6, 6.07) is 0. The zero-order chi connectivity index (χ0) is 11.7. The Labute approximate surface area is 95.6 Å². The Morgan fingerprint density at radius 1 is 0.750 bits per heavy atom. The third kappa shape index (κ3) is 2.54. The van der Waals surface area contributed by atoms with E-state index >= 15 is 0 Å². The number of alkyl halides is 3. The number of hydrogen-bond donors (Lipinski definition) is 0. The second-order valence-electron chi connectivity index (χ2n) is 5.70. The summed E-state index contributed by atoms with van der Waals surface area (Å²) in [6.07, 6.45) is 0.233. The Morgan fingerprint density at radius 2 is 1.50 bits per heavy atom. The van der Waals surface area contributed by atoms with Gasteiger partial charge in [0.2, 0.25) is 0 Å². The molecule has 0 radical (unpaired) electrons. The number of rotatable bonds is 1. The van der Waals surface area contributed by atoms with Crippen molar-refractivity contribution in [1.82, 2.24) is 0 Å². The minimum atomic E-state index is -1.36. The highest BCUT2D eigenvalue weighted by atomic mass is 19.2. The molecule has 94 valence electrons. The Hall–Kier alpha value is -0.210. The van der Waals surface area contributed by atoms with Crippen LogP contribution in [0.15, 0.2) is 0 Å². The summed E-state index contributed by atoms with van der Waals surface area (Å²) < 4.78 is 40.2. The minimum absolute atomic E-state index is 0.0121. The largest absolute Gasteiger partial charge is 0.247 e. The van der Waals surface area contributed by atoms with Crippen LogP contribution < -0.4 is 0 Å². The normalized spacial score (nSPS) is 50.2. The second-order valence-corrected chi connectivity index (χ2v) is 5.70. The topological polar surface area (TPSA) is 0 Å². The van der Waals surface area contributed by atoms with Crippen molar-refractivity contribution in [3.05, 3.63) is 0 Å². The van der Waals surface area contributed by atoms with Crippen molar-refractivity contribution in [2.75, 3.05) is 0 Å². The van der Waals surface area contributed by atoms with Crippen LogP contribution in [-0.4, -0.2) is 18.5 Å². The third-order valence-electron chi connectivity index (χ3n) is 4.42. The summed E-state index contributed by atoms with van der Waals surface area (Å²) in [5, 5.41) is 0. The maximum atomic E-state index is 13.9. The molecular weight excluding hydrogens is 213 g/mol. The fourth-order valence-corrected chi connectivity index (χ4v) is 3.36. The highest BCUT2D eigenvalue weighted by Gasteiger charge is 2.39. The summed E-state index contributed by atoms with van der Waals surface area (Å²) in [6.45, 7) is 2.07. The molecular formula is C13H21F3. The molecule has 16 heavy (non-hydrogen) atoms. The lowest BCUT2D eigenvalue weighted by molar-refractivity contribution is 0.0211. The van der Waals surface area contributed by atoms with Crippen molar-refractivity contribution in [3.8, 4) is 0 Å². The molecule has 0 aromatic heterocycles. The Bertz CT molecular complexity index is 231. The molecule has 2 fully saturated rings. The van der Waals surface area contributed by atoms with E-state index in [0.717, 1.165) is 12.8 Å². The SMILES string of the molecule is CC1CCC(C2CCC(F)C(F)C2)C(F)C1. The maximum Gasteiger partial charge on any atom is 0.131 e. The van der Waals surface area contributed by atoms with Gasteiger partial charge in [-0.1, -0.05) is 13.3 Å². The predicted molar refractivity (Wildman–Crippen MR) is 58.5 cm³/mol. The first-order valence-corrected chi connectivity index (χ1v) is 6.50. The average molecular weight is 234 g/mol. The van der Waals surface area contributed by atoms with Crippen LogP contribution >= 0.6 is 0 Å². The van der Waals surface area contributed by atoms with Crippen LogP contribution in [0.1, 0.15) is 45.4 Å². The van der Waals surface area contributed by atoms with Crippen molar-refractivity contribution < 1.29 is 13.2 Å². The fraction of sp³-hybridized carbons (Fsp3) is 1.00. The van der Waals surface area contributed by atoms with Gasteiger partial charge in [0.1, 0.15) is 18.5 Å². The van der Waals surface area contributed by atoms with E-state index in [1.54, 1.807) is 0 Å². The lowest BCUT2D eigenvalue weighted by atomic mass is 9.70. The van der Waals surface area contributed by atoms with Gasteiger partial charge < -0.3 is 0 Å². The molecule has 6 atom stereocenters. The average Bonchev–Trinajstić information content (AvgIpc) is 2.22. The molecule has 2 aliphatic carbocycles. The van der Waals surface area contributed by atoms with Crippen molar-refractivity contribution in [3.63, 3.8) is 0 Å². The molecule has 0 aromatic carbocycles. The first-order valence-electron chi connectivity index (χ1n) is 6.50. The fourth-order valence-electron chi connectivity index (χ4n) is 3.36. The highest BCUT2D eigenvalue weighted by Crippen LogP contribution is 2.42. The van der Waals surface area contributed by atoms with Gasteiger partial charge in [0.15, 0.2) is 0 Å². The van der Waals surface area contributed by atoms with Gasteiger partial charge in [0.25, 0.3) is 0 Å². The molecule has 0 aromatic rings. The van der Waals surface area contributed by atoms with E-state index in [1.165, 1.54) is 0 Å². The molecule has 6 unspecified atom stereocenters. The Balaban J connectivity index is 1.92. The molecule has 3 heteroatoms. The van der Waals surface area contributed by atoms with Gasteiger partial charge in [-0.15, -0.1) is 0 Å². The van der Waals surface area contributed by atoms with Gasteiger partial charge in [-0.3, -0.25) is 0 Å². The van der Waals surface area contributed by atoms with Gasteiger partial charge in [-0.05, 0) is 49.9 Å². The van der Waals surface area contributed by atoms with Crippen molar-refractivity contribution in [1.29, 1.82) is 0 Å². The van der Waals surface area contributed by atoms with E-state index < -0.39 is 18.5 Å². The summed E-state index contributed by atoms with van der Waals surface area (Å²) >= 11 is 0. The summed E-state index contributed by atoms with van der Waals surface area (Å²) in [5.41, 5.74) is 0. The van der Waals surface area contributed by atoms with Crippen LogP contribution in [0.2, 0.25) is 0 Å². The van der Waals surface area contributed by atoms with Crippen LogP contribution in [0.3, 0.4) is 0 Å². The summed E-state index contributed by atoms with van der Waals surface area (Å²) in [7, 11) is 0. The lowest BCUT2D eigenvalue weighted by Gasteiger charge is -2.38. The zero-order valence-electron chi connectivity index (χ0n) is 9.84. The monoisotopic (exact) mass is 234 g/mol. The van der Waals surface area contributed by atoms with E-state index in [1.807, 2.05) is 0 Å². The van der Waals surface area contributed by atoms with E-state index in [2.05, 4.69) is 6.92 Å². The quantitative estimate of drug-likeness (QED) is 0.636. The van der Waals surface area contributed by atoms with Crippen LogP contribution in [0.25, 0.3) is 0 Å². The van der Waals surface area contributed by atoms with Crippen molar-refractivity contribution in [2.24, 2.45) is 17.8 Å². The number of halogens is 3. The molecule has 2 rings (SSSR count). The smallest absolute Gasteiger partial charge is 0.131 e. The first kappa shape index (κ1) is 12.3. The van der Waals surface area contributed by atoms with Gasteiger partial charge in [0, 0.05) is 0 Å². The van der Waals surface area contributed by atoms with E-state index in [4.69, 9.17) is 0 Å². The first-order chi connectivity index (χ1) is 7.58. The Morgan fingerprint density at radius 3 is 2.12 bits per heavy atom. The van der Waals surface area contributed by atoms with Gasteiger partial charge in [0.05, 0.1) is 0 Å². The molecule has 0 heterocycles. The van der Waals surface area contributed by atoms with Gasteiger partial charge in [-0.25, -0.2) is 13.2 Å². The molecule has 0 nitrogen and oxygen atoms in total. The molecule has 2 aliphatic rings. The molecule has 0 spiro atoms. The number of hydrogen-bond acceptors (Lipinski definition) is 0. The standard InChI is InChI=1S/C13H21F3/c1-8-2-4-10(12(15)6-8)9-3-5-11(14)13(16)7-9/h8-13H,2-7H2,1H3. The molecule has 2 saturated carbocycles. The maximum absolute atomic E-state index is 13.9. The van der Waals surface area contributed by atoms with E-state index in [0.29, 0.717) is 18.8 Å². The minimum Gasteiger partial charge on any atom is -0.247 e. The molecule has 0 amide bonds. The summed E-state index contributed by atoms with van der Waals surface area (Å²) in [5.74, 6) is 0.511. The zero-order valence-corrected chi connectivity index (χ0v) is 9.84. The Kier molecular flexibility index (Phi) is 3.81. The van der Waals surface area contributed by atoms with Gasteiger partial charge in [-0.2, -0.15) is 0 Å². The van der Waals surface area contributed by atoms with Crippen molar-refractivity contribution in [2.45, 2.75) is 64.0 Å². The predicted octanol–water partition coefficient (Wildman–Crippen LogP) is 4.24. The van der Waals surface area contributed by atoms with Crippen LogP contribution in [0.5, 0.6) is 0 Å². The molecule has 0 aliphatic heterocycles. The van der Waals surface area contributed by atoms with E-state index in [9.17, 15) is 13.2 Å². The van der Waals surface area contributed by atoms with Crippen LogP contribution in [0.4, 0.5) is 13.2 Å². The summed E-state index contributed by atoms with van der Waals surface area (Å²) in [4.78, 5) is 0. The van der Waals surface area contributed by atoms with Gasteiger partial charge >= 0.3 is 0 Å². The molecule has 0 bridgehead atoms.